The molecule has 0 bridgehead atoms. The molecule has 0 aliphatic carbocycles. The Balaban J connectivity index is 1.82. The predicted molar refractivity (Wildman–Crippen MR) is 92.0 cm³/mol. The molecule has 0 fully saturated rings. The number of anilines is 1. The summed E-state index contributed by atoms with van der Waals surface area (Å²) in [7, 11) is 1.18. The third-order valence-corrected chi connectivity index (χ3v) is 4.67. The molecule has 0 saturated heterocycles. The maximum Gasteiger partial charge on any atom is 0.418 e. The van der Waals surface area contributed by atoms with Crippen LogP contribution >= 0.6 is 0 Å². The van der Waals surface area contributed by atoms with Gasteiger partial charge < -0.3 is 14.3 Å². The number of rotatable bonds is 5. The molecule has 0 amide bonds. The molecule has 1 aromatic carbocycles. The van der Waals surface area contributed by atoms with Crippen molar-refractivity contribution in [1.82, 2.24) is 9.97 Å². The second-order valence-corrected chi connectivity index (χ2v) is 6.59. The highest BCUT2D eigenvalue weighted by Crippen LogP contribution is 2.34. The number of nitrogens with zero attached hydrogens (tertiary/aromatic N) is 1. The van der Waals surface area contributed by atoms with E-state index in [1.54, 1.807) is 18.2 Å². The van der Waals surface area contributed by atoms with Crippen LogP contribution in [0.25, 0.3) is 11.3 Å². The molecule has 2 N–H and O–H groups in total. The summed E-state index contributed by atoms with van der Waals surface area (Å²) in [6, 6.07) is 8.28. The Morgan fingerprint density at radius 2 is 1.96 bits per heavy atom. The van der Waals surface area contributed by atoms with Crippen molar-refractivity contribution in [3.05, 3.63) is 60.2 Å². The van der Waals surface area contributed by atoms with Gasteiger partial charge >= 0.3 is 6.18 Å². The van der Waals surface area contributed by atoms with Gasteiger partial charge in [0.05, 0.1) is 24.6 Å². The van der Waals surface area contributed by atoms with Gasteiger partial charge in [0.2, 0.25) is 5.82 Å². The lowest BCUT2D eigenvalue weighted by Crippen LogP contribution is -2.15. The fraction of sp³-hybridized carbons (Fsp3) is 0.118. The molecule has 142 valence electrons. The number of H-pyrrole nitrogens is 1. The Bertz CT molecular complexity index is 946. The Morgan fingerprint density at radius 1 is 1.22 bits per heavy atom. The van der Waals surface area contributed by atoms with Crippen molar-refractivity contribution < 1.29 is 26.9 Å². The molecule has 0 saturated carbocycles. The van der Waals surface area contributed by atoms with Crippen LogP contribution in [0.4, 0.5) is 23.4 Å². The van der Waals surface area contributed by atoms with E-state index in [0.717, 1.165) is 6.07 Å². The van der Waals surface area contributed by atoms with Crippen LogP contribution in [0.15, 0.2) is 53.7 Å². The Hall–Kier alpha value is -2.72. The Labute approximate surface area is 154 Å². The Kier molecular flexibility index (Phi) is 5.29. The van der Waals surface area contributed by atoms with Crippen LogP contribution in [-0.4, -0.2) is 21.6 Å². The number of ether oxygens (including phenoxy) is 1. The fourth-order valence-corrected chi connectivity index (χ4v) is 3.13. The van der Waals surface area contributed by atoms with Gasteiger partial charge in [0.15, 0.2) is 10.6 Å². The minimum absolute atomic E-state index is 0.113. The lowest BCUT2D eigenvalue weighted by Gasteiger charge is -2.14. The van der Waals surface area contributed by atoms with E-state index in [4.69, 9.17) is 4.74 Å². The number of hydrogen-bond acceptors (Lipinski definition) is 4. The molecule has 0 spiro atoms. The largest absolute Gasteiger partial charge is 0.588 e. The third-order valence-electron chi connectivity index (χ3n) is 3.62. The second kappa shape index (κ2) is 7.49. The SMILES string of the molecule is COc1cc(C(F)(F)F)cnc1N[S+]([O-])c1c[nH]c(-c2ccccc2F)c1. The highest BCUT2D eigenvalue weighted by molar-refractivity contribution is 7.92. The number of aromatic nitrogens is 2. The van der Waals surface area contributed by atoms with Gasteiger partial charge in [0, 0.05) is 17.8 Å². The van der Waals surface area contributed by atoms with E-state index >= 15 is 0 Å². The molecule has 2 aromatic heterocycles. The topological polar surface area (TPSA) is 73.0 Å². The maximum atomic E-state index is 13.8. The summed E-state index contributed by atoms with van der Waals surface area (Å²) in [5, 5.41) is 0. The molecule has 3 aromatic rings. The van der Waals surface area contributed by atoms with Crippen LogP contribution in [0.5, 0.6) is 5.75 Å². The fourth-order valence-electron chi connectivity index (χ4n) is 2.30. The lowest BCUT2D eigenvalue weighted by atomic mass is 10.1. The van der Waals surface area contributed by atoms with Crippen LogP contribution < -0.4 is 9.46 Å². The molecule has 10 heteroatoms. The predicted octanol–water partition coefficient (Wildman–Crippen LogP) is 4.38. The summed E-state index contributed by atoms with van der Waals surface area (Å²) < 4.78 is 71.9. The minimum Gasteiger partial charge on any atom is -0.588 e. The van der Waals surface area contributed by atoms with Gasteiger partial charge in [-0.25, -0.2) is 9.37 Å². The number of hydrogen-bond donors (Lipinski definition) is 2. The van der Waals surface area contributed by atoms with Gasteiger partial charge in [-0.2, -0.15) is 17.9 Å². The van der Waals surface area contributed by atoms with Crippen LogP contribution in [0.2, 0.25) is 0 Å². The van der Waals surface area contributed by atoms with Crippen molar-refractivity contribution in [2.24, 2.45) is 0 Å². The molecule has 0 aliphatic rings. The van der Waals surface area contributed by atoms with E-state index in [0.29, 0.717) is 17.5 Å². The first-order chi connectivity index (χ1) is 12.8. The van der Waals surface area contributed by atoms with Crippen molar-refractivity contribution in [3.8, 4) is 17.0 Å². The molecule has 1 atom stereocenters. The van der Waals surface area contributed by atoms with Gasteiger partial charge in [-0.05, 0) is 18.2 Å². The summed E-state index contributed by atoms with van der Waals surface area (Å²) in [6.45, 7) is 0. The number of halogens is 4. The van der Waals surface area contributed by atoms with Crippen LogP contribution in [-0.2, 0) is 17.5 Å². The van der Waals surface area contributed by atoms with Crippen LogP contribution in [0.3, 0.4) is 0 Å². The second-order valence-electron chi connectivity index (χ2n) is 5.37. The number of nitrogens with one attached hydrogen (secondary N) is 2. The highest BCUT2D eigenvalue weighted by atomic mass is 32.2. The molecular weight excluding hydrogens is 386 g/mol. The average Bonchev–Trinajstić information content (AvgIpc) is 3.11. The first kappa shape index (κ1) is 19.1. The molecule has 3 rings (SSSR count). The first-order valence-electron chi connectivity index (χ1n) is 7.52. The van der Waals surface area contributed by atoms with Gasteiger partial charge in [-0.15, -0.1) is 0 Å². The highest BCUT2D eigenvalue weighted by Gasteiger charge is 2.32. The molecule has 2 heterocycles. The number of pyridine rings is 1. The van der Waals surface area contributed by atoms with Crippen molar-refractivity contribution in [3.63, 3.8) is 0 Å². The number of benzene rings is 1. The summed E-state index contributed by atoms with van der Waals surface area (Å²) in [6.07, 6.45) is -2.56. The van der Waals surface area contributed by atoms with E-state index in [9.17, 15) is 22.1 Å². The van der Waals surface area contributed by atoms with Gasteiger partial charge in [-0.1, -0.05) is 12.1 Å². The van der Waals surface area contributed by atoms with Gasteiger partial charge in [0.25, 0.3) is 0 Å². The standard InChI is InChI=1S/C17H13F4N3O2S/c1-26-15-6-10(17(19,20)21)8-23-16(15)24-27(25)11-7-14(22-9-11)12-4-2-3-5-13(12)18/h2-9,22H,1H3,(H,23,24). The summed E-state index contributed by atoms with van der Waals surface area (Å²) in [5.41, 5.74) is -0.282. The molecule has 5 nitrogen and oxygen atoms in total. The average molecular weight is 399 g/mol. The van der Waals surface area contributed by atoms with E-state index in [2.05, 4.69) is 14.7 Å². The molecule has 0 aliphatic heterocycles. The van der Waals surface area contributed by atoms with E-state index < -0.39 is 28.9 Å². The van der Waals surface area contributed by atoms with Crippen molar-refractivity contribution in [1.29, 1.82) is 0 Å². The molecule has 1 unspecified atom stereocenters. The smallest absolute Gasteiger partial charge is 0.418 e. The van der Waals surface area contributed by atoms with Crippen LogP contribution in [0.1, 0.15) is 5.56 Å². The zero-order valence-corrected chi connectivity index (χ0v) is 14.6. The Morgan fingerprint density at radius 3 is 2.63 bits per heavy atom. The third kappa shape index (κ3) is 4.17. The van der Waals surface area contributed by atoms with Crippen molar-refractivity contribution in [2.45, 2.75) is 11.1 Å². The van der Waals surface area contributed by atoms with E-state index in [1.807, 2.05) is 0 Å². The van der Waals surface area contributed by atoms with E-state index in [1.165, 1.54) is 25.4 Å². The normalized spacial score (nSPS) is 12.7. The molecular formula is C17H13F4N3O2S. The monoisotopic (exact) mass is 399 g/mol. The van der Waals surface area contributed by atoms with Crippen molar-refractivity contribution >= 4 is 17.2 Å². The summed E-state index contributed by atoms with van der Waals surface area (Å²) in [5.74, 6) is -0.767. The zero-order valence-electron chi connectivity index (χ0n) is 13.8. The first-order valence-corrected chi connectivity index (χ1v) is 8.67. The lowest BCUT2D eigenvalue weighted by molar-refractivity contribution is -0.137. The van der Waals surface area contributed by atoms with Crippen LogP contribution in [0, 0.1) is 5.82 Å². The molecule has 0 radical (unpaired) electrons. The van der Waals surface area contributed by atoms with Gasteiger partial charge in [0.1, 0.15) is 17.2 Å². The zero-order chi connectivity index (χ0) is 19.6. The minimum atomic E-state index is -4.58. The number of alkyl halides is 3. The van der Waals surface area contributed by atoms with Crippen molar-refractivity contribution in [2.75, 3.05) is 11.8 Å². The number of aromatic amines is 1. The maximum absolute atomic E-state index is 13.8. The number of methoxy groups -OCH3 is 1. The quantitative estimate of drug-likeness (QED) is 0.493. The summed E-state index contributed by atoms with van der Waals surface area (Å²) in [4.78, 5) is 6.72. The molecule has 27 heavy (non-hydrogen) atoms. The van der Waals surface area contributed by atoms with Gasteiger partial charge in [-0.3, -0.25) is 0 Å². The summed E-state index contributed by atoms with van der Waals surface area (Å²) >= 11 is -1.86. The van der Waals surface area contributed by atoms with E-state index in [-0.39, 0.29) is 16.5 Å².